The number of hydrogen-bond donors (Lipinski definition) is 2. The molecule has 3 heterocycles. The highest BCUT2D eigenvalue weighted by Crippen LogP contribution is 2.33. The highest BCUT2D eigenvalue weighted by Gasteiger charge is 2.29. The Labute approximate surface area is 141 Å². The van der Waals surface area contributed by atoms with E-state index in [0.717, 1.165) is 37.4 Å². The molecule has 1 aliphatic rings. The smallest absolute Gasteiger partial charge is 0.241 e. The molecule has 1 saturated heterocycles. The molecule has 0 bridgehead atoms. The van der Waals surface area contributed by atoms with Crippen LogP contribution in [0.2, 0.25) is 0 Å². The maximum Gasteiger partial charge on any atom is 0.241 e. The van der Waals surface area contributed by atoms with Crippen LogP contribution in [0.25, 0.3) is 0 Å². The van der Waals surface area contributed by atoms with Crippen LogP contribution in [0.1, 0.15) is 24.6 Å². The number of nitrogens with zero attached hydrogens (tertiary/aromatic N) is 4. The van der Waals surface area contributed by atoms with Crippen molar-refractivity contribution in [3.63, 3.8) is 0 Å². The Kier molecular flexibility index (Phi) is 5.14. The fourth-order valence-corrected chi connectivity index (χ4v) is 3.06. The molecule has 0 spiro atoms. The van der Waals surface area contributed by atoms with E-state index in [-0.39, 0.29) is 18.6 Å². The second-order valence-electron chi connectivity index (χ2n) is 6.05. The number of carbonyl (C=O) groups excluding carboxylic acids is 1. The van der Waals surface area contributed by atoms with E-state index in [2.05, 4.69) is 20.8 Å². The van der Waals surface area contributed by atoms with Gasteiger partial charge in [0.05, 0.1) is 17.6 Å². The quantitative estimate of drug-likeness (QED) is 0.822. The van der Waals surface area contributed by atoms with Crippen molar-refractivity contribution in [2.24, 2.45) is 13.0 Å². The van der Waals surface area contributed by atoms with Crippen molar-refractivity contribution in [2.75, 3.05) is 25.5 Å². The summed E-state index contributed by atoms with van der Waals surface area (Å²) < 4.78 is 9.50. The lowest BCUT2D eigenvalue weighted by Crippen LogP contribution is -2.29. The van der Waals surface area contributed by atoms with E-state index in [9.17, 15) is 4.79 Å². The van der Waals surface area contributed by atoms with Crippen molar-refractivity contribution in [1.29, 1.82) is 0 Å². The van der Waals surface area contributed by atoms with Crippen molar-refractivity contribution >= 4 is 11.6 Å². The summed E-state index contributed by atoms with van der Waals surface area (Å²) in [6, 6.07) is 2.02. The summed E-state index contributed by atoms with van der Waals surface area (Å²) in [5.74, 6) is 0.304. The first kappa shape index (κ1) is 16.5. The van der Waals surface area contributed by atoms with Gasteiger partial charge in [-0.25, -0.2) is 0 Å². The van der Waals surface area contributed by atoms with Gasteiger partial charge in [-0.2, -0.15) is 10.2 Å². The zero-order valence-electron chi connectivity index (χ0n) is 14.1. The van der Waals surface area contributed by atoms with E-state index in [1.54, 1.807) is 24.1 Å². The Morgan fingerprint density at radius 1 is 1.46 bits per heavy atom. The van der Waals surface area contributed by atoms with Gasteiger partial charge in [-0.05, 0) is 18.9 Å². The fourth-order valence-electron chi connectivity index (χ4n) is 3.06. The second kappa shape index (κ2) is 7.48. The van der Waals surface area contributed by atoms with Gasteiger partial charge < -0.3 is 15.4 Å². The Hall–Kier alpha value is -2.35. The van der Waals surface area contributed by atoms with E-state index in [0.29, 0.717) is 5.92 Å². The number of anilines is 1. The third-order valence-electron chi connectivity index (χ3n) is 4.38. The molecule has 2 atom stereocenters. The molecule has 8 heteroatoms. The molecule has 24 heavy (non-hydrogen) atoms. The minimum atomic E-state index is -0.0680. The lowest BCUT2D eigenvalue weighted by molar-refractivity contribution is -0.121. The standard InChI is InChI=1S/C16H24N6O2/c1-17-15(23)11-22-10-13(9-20-22)18-8-12-4-3-7-24-16(12)14-5-6-19-21(14)2/h5-6,9-10,12,16,18H,3-4,7-8,11H2,1-2H3,(H,17,23)/t12-,16+/m0/s1. The summed E-state index contributed by atoms with van der Waals surface area (Å²) in [6.45, 7) is 1.81. The van der Waals surface area contributed by atoms with E-state index in [1.807, 2.05) is 24.0 Å². The summed E-state index contributed by atoms with van der Waals surface area (Å²) in [6.07, 6.45) is 7.62. The molecule has 1 amide bonds. The number of aromatic nitrogens is 4. The molecular formula is C16H24N6O2. The van der Waals surface area contributed by atoms with Crippen molar-refractivity contribution < 1.29 is 9.53 Å². The number of likely N-dealkylation sites (N-methyl/N-ethyl adjacent to an activating group) is 1. The zero-order valence-corrected chi connectivity index (χ0v) is 14.1. The van der Waals surface area contributed by atoms with E-state index in [1.165, 1.54) is 0 Å². The molecule has 8 nitrogen and oxygen atoms in total. The van der Waals surface area contributed by atoms with E-state index in [4.69, 9.17) is 4.74 Å². The summed E-state index contributed by atoms with van der Waals surface area (Å²) >= 11 is 0. The van der Waals surface area contributed by atoms with Gasteiger partial charge in [0.15, 0.2) is 0 Å². The number of ether oxygens (including phenoxy) is 1. The first-order valence-electron chi connectivity index (χ1n) is 8.24. The molecule has 0 aromatic carbocycles. The summed E-state index contributed by atoms with van der Waals surface area (Å²) in [4.78, 5) is 11.4. The average Bonchev–Trinajstić information content (AvgIpc) is 3.22. The Balaban J connectivity index is 1.60. The highest BCUT2D eigenvalue weighted by atomic mass is 16.5. The number of hydrogen-bond acceptors (Lipinski definition) is 5. The van der Waals surface area contributed by atoms with Gasteiger partial charge in [0.25, 0.3) is 0 Å². The van der Waals surface area contributed by atoms with E-state index >= 15 is 0 Å². The van der Waals surface area contributed by atoms with Crippen LogP contribution in [0.15, 0.2) is 24.7 Å². The molecule has 2 aromatic rings. The molecule has 0 radical (unpaired) electrons. The SMILES string of the molecule is CNC(=O)Cn1cc(NC[C@@H]2CCCO[C@H]2c2ccnn2C)cn1. The van der Waals surface area contributed by atoms with Crippen LogP contribution in [-0.4, -0.2) is 45.7 Å². The van der Waals surface area contributed by atoms with Crippen LogP contribution in [0.3, 0.4) is 0 Å². The van der Waals surface area contributed by atoms with Crippen molar-refractivity contribution in [3.05, 3.63) is 30.4 Å². The lowest BCUT2D eigenvalue weighted by atomic mass is 9.92. The summed E-state index contributed by atoms with van der Waals surface area (Å²) in [7, 11) is 3.56. The first-order chi connectivity index (χ1) is 11.7. The number of nitrogens with one attached hydrogen (secondary N) is 2. The minimum Gasteiger partial charge on any atom is -0.382 e. The van der Waals surface area contributed by atoms with Crippen LogP contribution in [-0.2, 0) is 23.1 Å². The maximum atomic E-state index is 11.4. The van der Waals surface area contributed by atoms with Gasteiger partial charge in [-0.1, -0.05) is 0 Å². The molecule has 0 unspecified atom stereocenters. The molecule has 130 valence electrons. The molecular weight excluding hydrogens is 308 g/mol. The first-order valence-corrected chi connectivity index (χ1v) is 8.24. The molecule has 0 aliphatic carbocycles. The Morgan fingerprint density at radius 3 is 3.08 bits per heavy atom. The second-order valence-corrected chi connectivity index (χ2v) is 6.05. The van der Waals surface area contributed by atoms with Crippen LogP contribution < -0.4 is 10.6 Å². The van der Waals surface area contributed by atoms with Gasteiger partial charge in [-0.15, -0.1) is 0 Å². The van der Waals surface area contributed by atoms with Crippen LogP contribution >= 0.6 is 0 Å². The number of amides is 1. The Bertz CT molecular complexity index is 680. The number of rotatable bonds is 6. The predicted molar refractivity (Wildman–Crippen MR) is 89.4 cm³/mol. The molecule has 3 rings (SSSR count). The van der Waals surface area contributed by atoms with Gasteiger partial charge in [0, 0.05) is 45.6 Å². The van der Waals surface area contributed by atoms with E-state index < -0.39 is 0 Å². The monoisotopic (exact) mass is 332 g/mol. The average molecular weight is 332 g/mol. The number of aryl methyl sites for hydroxylation is 1. The third kappa shape index (κ3) is 3.76. The maximum absolute atomic E-state index is 11.4. The largest absolute Gasteiger partial charge is 0.382 e. The van der Waals surface area contributed by atoms with Gasteiger partial charge in [-0.3, -0.25) is 14.2 Å². The van der Waals surface area contributed by atoms with Crippen molar-refractivity contribution in [1.82, 2.24) is 24.9 Å². The molecule has 0 saturated carbocycles. The predicted octanol–water partition coefficient (Wildman–Crippen LogP) is 0.942. The molecule has 2 N–H and O–H groups in total. The van der Waals surface area contributed by atoms with Crippen LogP contribution in [0.5, 0.6) is 0 Å². The van der Waals surface area contributed by atoms with Gasteiger partial charge in [0.2, 0.25) is 5.91 Å². The molecule has 1 aliphatic heterocycles. The van der Waals surface area contributed by atoms with Crippen LogP contribution in [0.4, 0.5) is 5.69 Å². The zero-order chi connectivity index (χ0) is 16.9. The summed E-state index contributed by atoms with van der Waals surface area (Å²) in [5, 5.41) is 14.4. The normalized spacial score (nSPS) is 20.8. The van der Waals surface area contributed by atoms with Crippen molar-refractivity contribution in [3.8, 4) is 0 Å². The molecule has 1 fully saturated rings. The fraction of sp³-hybridized carbons (Fsp3) is 0.562. The van der Waals surface area contributed by atoms with Crippen LogP contribution in [0, 0.1) is 5.92 Å². The third-order valence-corrected chi connectivity index (χ3v) is 4.38. The topological polar surface area (TPSA) is 86.0 Å². The van der Waals surface area contributed by atoms with Crippen molar-refractivity contribution in [2.45, 2.75) is 25.5 Å². The van der Waals surface area contributed by atoms with Gasteiger partial charge in [0.1, 0.15) is 12.6 Å². The minimum absolute atomic E-state index is 0.0552. The Morgan fingerprint density at radius 2 is 2.33 bits per heavy atom. The highest BCUT2D eigenvalue weighted by molar-refractivity contribution is 5.75. The summed E-state index contributed by atoms with van der Waals surface area (Å²) in [5.41, 5.74) is 2.02. The lowest BCUT2D eigenvalue weighted by Gasteiger charge is -2.32. The van der Waals surface area contributed by atoms with Gasteiger partial charge >= 0.3 is 0 Å². The number of carbonyl (C=O) groups is 1. The molecule has 2 aromatic heterocycles.